The molecule has 2 aromatic rings. The maximum absolute atomic E-state index is 13.3. The molecule has 5 nitrogen and oxygen atoms in total. The van der Waals surface area contributed by atoms with Crippen LogP contribution in [0.5, 0.6) is 0 Å². The van der Waals surface area contributed by atoms with Crippen molar-refractivity contribution in [3.63, 3.8) is 0 Å². The molecule has 8 heteroatoms. The van der Waals surface area contributed by atoms with Gasteiger partial charge in [-0.15, -0.1) is 0 Å². The van der Waals surface area contributed by atoms with Crippen molar-refractivity contribution in [3.05, 3.63) is 29.6 Å². The summed E-state index contributed by atoms with van der Waals surface area (Å²) in [5, 5.41) is 2.81. The number of likely N-dealkylation sites (tertiary alicyclic amines) is 1. The summed E-state index contributed by atoms with van der Waals surface area (Å²) in [7, 11) is 0. The number of rotatable bonds is 5. The van der Waals surface area contributed by atoms with E-state index in [1.807, 2.05) is 6.92 Å². The highest BCUT2D eigenvalue weighted by Gasteiger charge is 2.38. The first kappa shape index (κ1) is 18.7. The summed E-state index contributed by atoms with van der Waals surface area (Å²) in [6.07, 6.45) is -2.32. The number of nitrogens with one attached hydrogen (secondary N) is 1. The number of hydrogen-bond donors (Lipinski definition) is 1. The van der Waals surface area contributed by atoms with Crippen LogP contribution in [0.1, 0.15) is 31.2 Å². The molecule has 3 rings (SSSR count). The fraction of sp³-hybridized carbons (Fsp3) is 0.556. The van der Waals surface area contributed by atoms with E-state index in [2.05, 4.69) is 15.2 Å². The number of aromatic nitrogens is 2. The van der Waals surface area contributed by atoms with E-state index in [1.54, 1.807) is 25.1 Å². The molecule has 1 atom stereocenters. The van der Waals surface area contributed by atoms with Gasteiger partial charge in [0.25, 0.3) is 0 Å². The molecule has 0 spiro atoms. The van der Waals surface area contributed by atoms with Gasteiger partial charge >= 0.3 is 6.18 Å². The number of hydrogen-bond acceptors (Lipinski definition) is 3. The molecule has 1 aliphatic rings. The van der Waals surface area contributed by atoms with Crippen molar-refractivity contribution in [2.75, 3.05) is 19.6 Å². The molecule has 0 bridgehead atoms. The van der Waals surface area contributed by atoms with Crippen molar-refractivity contribution in [2.24, 2.45) is 0 Å². The highest BCUT2D eigenvalue weighted by Crippen LogP contribution is 2.31. The number of imidazole rings is 1. The molecule has 1 amide bonds. The summed E-state index contributed by atoms with van der Waals surface area (Å²) >= 11 is 0. The van der Waals surface area contributed by atoms with E-state index in [4.69, 9.17) is 0 Å². The number of benzene rings is 1. The molecule has 1 fully saturated rings. The highest BCUT2D eigenvalue weighted by atomic mass is 19.4. The van der Waals surface area contributed by atoms with E-state index in [-0.39, 0.29) is 11.6 Å². The Bertz CT molecular complexity index is 794. The first-order valence-corrected chi connectivity index (χ1v) is 8.80. The Hall–Kier alpha value is -2.09. The highest BCUT2D eigenvalue weighted by molar-refractivity contribution is 5.81. The van der Waals surface area contributed by atoms with Crippen LogP contribution in [0.25, 0.3) is 11.0 Å². The van der Waals surface area contributed by atoms with Gasteiger partial charge in [0.15, 0.2) is 0 Å². The lowest BCUT2D eigenvalue weighted by Gasteiger charge is -2.21. The fourth-order valence-corrected chi connectivity index (χ4v) is 3.47. The Kier molecular flexibility index (Phi) is 5.22. The molecule has 1 aromatic heterocycles. The Morgan fingerprint density at radius 1 is 1.31 bits per heavy atom. The largest absolute Gasteiger partial charge is 0.449 e. The van der Waals surface area contributed by atoms with Crippen molar-refractivity contribution < 1.29 is 18.0 Å². The predicted octanol–water partition coefficient (Wildman–Crippen LogP) is 2.96. The van der Waals surface area contributed by atoms with Crippen LogP contribution < -0.4 is 5.32 Å². The van der Waals surface area contributed by atoms with E-state index in [0.717, 1.165) is 36.1 Å². The molecule has 1 aromatic carbocycles. The molecule has 0 radical (unpaired) electrons. The minimum absolute atomic E-state index is 0.119. The van der Waals surface area contributed by atoms with Crippen molar-refractivity contribution in [2.45, 2.75) is 45.5 Å². The number of alkyl halides is 3. The van der Waals surface area contributed by atoms with E-state index in [1.165, 1.54) is 0 Å². The van der Waals surface area contributed by atoms with Crippen LogP contribution in [0.15, 0.2) is 18.2 Å². The van der Waals surface area contributed by atoms with E-state index < -0.39 is 24.5 Å². The van der Waals surface area contributed by atoms with Gasteiger partial charge in [0.2, 0.25) is 11.7 Å². The lowest BCUT2D eigenvalue weighted by Crippen LogP contribution is -2.42. The summed E-state index contributed by atoms with van der Waals surface area (Å²) in [5.41, 5.74) is 1.37. The van der Waals surface area contributed by atoms with Gasteiger partial charge in [-0.25, -0.2) is 4.98 Å². The minimum Gasteiger partial charge on any atom is -0.351 e. The predicted molar refractivity (Wildman–Crippen MR) is 92.8 cm³/mol. The Morgan fingerprint density at radius 2 is 2.00 bits per heavy atom. The second kappa shape index (κ2) is 7.26. The van der Waals surface area contributed by atoms with Crippen LogP contribution in [-0.4, -0.2) is 46.0 Å². The standard InChI is InChI=1S/C18H23F3N4O/c1-12-5-6-14-15(9-12)25(17(23-14)18(19,20)21)11-16(26)22-13(2)10-24-7-3-4-8-24/h5-6,9,13H,3-4,7-8,10-11H2,1-2H3,(H,22,26). The molecule has 0 aliphatic carbocycles. The average molecular weight is 368 g/mol. The third kappa shape index (κ3) is 4.17. The summed E-state index contributed by atoms with van der Waals surface area (Å²) in [6.45, 7) is 5.98. The van der Waals surface area contributed by atoms with Crippen LogP contribution in [-0.2, 0) is 17.5 Å². The van der Waals surface area contributed by atoms with Gasteiger partial charge in [-0.1, -0.05) is 6.07 Å². The minimum atomic E-state index is -4.62. The van der Waals surface area contributed by atoms with E-state index >= 15 is 0 Å². The third-order valence-electron chi connectivity index (χ3n) is 4.60. The maximum atomic E-state index is 13.3. The number of nitrogens with zero attached hydrogens (tertiary/aromatic N) is 3. The lowest BCUT2D eigenvalue weighted by atomic mass is 10.2. The van der Waals surface area contributed by atoms with Crippen molar-refractivity contribution in [3.8, 4) is 0 Å². The second-order valence-electron chi connectivity index (χ2n) is 6.99. The molecule has 142 valence electrons. The van der Waals surface area contributed by atoms with Crippen molar-refractivity contribution in [1.29, 1.82) is 0 Å². The van der Waals surface area contributed by atoms with Crippen LogP contribution >= 0.6 is 0 Å². The zero-order chi connectivity index (χ0) is 18.9. The monoisotopic (exact) mass is 368 g/mol. The van der Waals surface area contributed by atoms with Gasteiger partial charge in [0.1, 0.15) is 6.54 Å². The van der Waals surface area contributed by atoms with Crippen LogP contribution in [0.3, 0.4) is 0 Å². The van der Waals surface area contributed by atoms with Gasteiger partial charge in [0, 0.05) is 12.6 Å². The quantitative estimate of drug-likeness (QED) is 0.883. The Labute approximate surface area is 150 Å². The topological polar surface area (TPSA) is 50.2 Å². The van der Waals surface area contributed by atoms with Crippen LogP contribution in [0.2, 0.25) is 0 Å². The molecule has 1 aliphatic heterocycles. The first-order chi connectivity index (χ1) is 12.2. The first-order valence-electron chi connectivity index (χ1n) is 8.80. The summed E-state index contributed by atoms with van der Waals surface area (Å²) in [6, 6.07) is 4.76. The second-order valence-corrected chi connectivity index (χ2v) is 6.99. The van der Waals surface area contributed by atoms with Crippen molar-refractivity contribution in [1.82, 2.24) is 19.8 Å². The number of fused-ring (bicyclic) bond motifs is 1. The van der Waals surface area contributed by atoms with Gasteiger partial charge in [0.05, 0.1) is 11.0 Å². The zero-order valence-corrected chi connectivity index (χ0v) is 14.9. The molecule has 1 N–H and O–H groups in total. The number of halogens is 3. The SMILES string of the molecule is Cc1ccc2nc(C(F)(F)F)n(CC(=O)NC(C)CN3CCCC3)c2c1. The molecule has 26 heavy (non-hydrogen) atoms. The number of carbonyl (C=O) groups is 1. The molecule has 1 saturated heterocycles. The lowest BCUT2D eigenvalue weighted by molar-refractivity contribution is -0.147. The Morgan fingerprint density at radius 3 is 2.65 bits per heavy atom. The summed E-state index contributed by atoms with van der Waals surface area (Å²) < 4.78 is 41.0. The average Bonchev–Trinajstić information content (AvgIpc) is 3.15. The Balaban J connectivity index is 1.78. The molecular weight excluding hydrogens is 345 g/mol. The normalized spacial score (nSPS) is 17.0. The molecule has 1 unspecified atom stereocenters. The molecule has 2 heterocycles. The zero-order valence-electron chi connectivity index (χ0n) is 14.9. The van der Waals surface area contributed by atoms with Crippen LogP contribution in [0, 0.1) is 6.92 Å². The van der Waals surface area contributed by atoms with E-state index in [9.17, 15) is 18.0 Å². The van der Waals surface area contributed by atoms with E-state index in [0.29, 0.717) is 12.1 Å². The number of aryl methyl sites for hydroxylation is 1. The molecular formula is C18H23F3N4O. The van der Waals surface area contributed by atoms with Gasteiger partial charge in [-0.3, -0.25) is 4.79 Å². The smallest absolute Gasteiger partial charge is 0.351 e. The van der Waals surface area contributed by atoms with Gasteiger partial charge in [-0.05, 0) is 57.5 Å². The van der Waals surface area contributed by atoms with Gasteiger partial charge in [-0.2, -0.15) is 13.2 Å². The van der Waals surface area contributed by atoms with Crippen LogP contribution in [0.4, 0.5) is 13.2 Å². The summed E-state index contributed by atoms with van der Waals surface area (Å²) in [4.78, 5) is 18.3. The van der Waals surface area contributed by atoms with Crippen molar-refractivity contribution >= 4 is 16.9 Å². The number of amides is 1. The van der Waals surface area contributed by atoms with Gasteiger partial charge < -0.3 is 14.8 Å². The third-order valence-corrected chi connectivity index (χ3v) is 4.60. The summed E-state index contributed by atoms with van der Waals surface area (Å²) in [5.74, 6) is -1.48. The fourth-order valence-electron chi connectivity index (χ4n) is 3.47. The molecule has 0 saturated carbocycles. The maximum Gasteiger partial charge on any atom is 0.449 e. The number of carbonyl (C=O) groups excluding carboxylic acids is 1.